The fraction of sp³-hybridized carbons (Fsp3) is 0. The van der Waals surface area contributed by atoms with Gasteiger partial charge < -0.3 is 9.13 Å². The molecule has 2 aromatic heterocycles. The second-order valence-corrected chi connectivity index (χ2v) is 19.5. The summed E-state index contributed by atoms with van der Waals surface area (Å²) in [5, 5.41) is 8.05. The fourth-order valence-corrected chi connectivity index (χ4v) is 14.6. The average molecular weight is 829 g/mol. The number of para-hydroxylation sites is 2. The standard InChI is InChI=1S/C60H42N2Si/c1-5-20-43(21-6-1)45-24-17-30-50(40-45)63(48-26-9-3-10-27-48,49-28-11-4-12-29-49)51-31-18-25-46(41-51)62-56-35-15-13-32-53(56)54-39-38-47(42-59(54)62)61-57-36-16-14-33-55(57)60-52(34-19-37-58(60)61)44-22-7-2-8-23-44/h1-42H/i1D,2D,5D,6D,7D,8D,20D,21D,22D,23D. The van der Waals surface area contributed by atoms with Gasteiger partial charge in [0.05, 0.1) is 35.8 Å². The Morgan fingerprint density at radius 1 is 0.317 bits per heavy atom. The summed E-state index contributed by atoms with van der Waals surface area (Å²) < 4.78 is 91.0. The summed E-state index contributed by atoms with van der Waals surface area (Å²) >= 11 is 0. The summed E-state index contributed by atoms with van der Waals surface area (Å²) in [6.07, 6.45) is 0. The van der Waals surface area contributed by atoms with Crippen molar-refractivity contribution in [1.82, 2.24) is 9.13 Å². The molecule has 0 fully saturated rings. The molecule has 10 aromatic carbocycles. The van der Waals surface area contributed by atoms with Crippen LogP contribution in [0.5, 0.6) is 0 Å². The highest BCUT2D eigenvalue weighted by Crippen LogP contribution is 2.40. The van der Waals surface area contributed by atoms with E-state index in [0.717, 1.165) is 75.7 Å². The monoisotopic (exact) mass is 828 g/mol. The minimum absolute atomic E-state index is 0.153. The Hall–Kier alpha value is -7.98. The van der Waals surface area contributed by atoms with Gasteiger partial charge in [-0.05, 0) is 85.5 Å². The second kappa shape index (κ2) is 15.2. The van der Waals surface area contributed by atoms with Gasteiger partial charge in [-0.3, -0.25) is 0 Å². The van der Waals surface area contributed by atoms with Gasteiger partial charge in [-0.15, -0.1) is 0 Å². The van der Waals surface area contributed by atoms with Crippen LogP contribution in [-0.4, -0.2) is 17.2 Å². The van der Waals surface area contributed by atoms with Gasteiger partial charge >= 0.3 is 0 Å². The molecule has 0 unspecified atom stereocenters. The van der Waals surface area contributed by atoms with Crippen molar-refractivity contribution in [2.24, 2.45) is 0 Å². The van der Waals surface area contributed by atoms with Crippen LogP contribution in [0.3, 0.4) is 0 Å². The summed E-state index contributed by atoms with van der Waals surface area (Å²) in [6.45, 7) is 0. The molecule has 0 bridgehead atoms. The van der Waals surface area contributed by atoms with E-state index in [0.29, 0.717) is 11.1 Å². The molecule has 0 atom stereocenters. The normalized spacial score (nSPS) is 14.0. The van der Waals surface area contributed by atoms with E-state index in [1.165, 1.54) is 0 Å². The molecule has 0 saturated heterocycles. The first kappa shape index (κ1) is 27.8. The van der Waals surface area contributed by atoms with Crippen molar-refractivity contribution >= 4 is 72.4 Å². The van der Waals surface area contributed by atoms with E-state index in [1.807, 2.05) is 72.8 Å². The van der Waals surface area contributed by atoms with E-state index in [4.69, 9.17) is 13.7 Å². The highest BCUT2D eigenvalue weighted by Gasteiger charge is 2.42. The molecule has 0 aliphatic carbocycles. The summed E-state index contributed by atoms with van der Waals surface area (Å²) in [5.41, 5.74) is 6.88. The SMILES string of the molecule is [2H]c1c([2H])c([2H])c(-c2cccc([Si](c3ccccc3)(c3ccccc3)c3cccc(-n4c5ccccc5c5ccc(-n6c7ccccc7c7c(-c8c([2H])c([2H])c([2H])c([2H])c8[2H])cccc76)cc54)c3)c2)c([2H])c1[2H]. The van der Waals surface area contributed by atoms with Crippen molar-refractivity contribution in [2.75, 3.05) is 0 Å². The number of rotatable bonds is 8. The third-order valence-corrected chi connectivity index (χ3v) is 17.2. The Morgan fingerprint density at radius 3 is 1.54 bits per heavy atom. The average Bonchev–Trinajstić information content (AvgIpc) is 3.95. The van der Waals surface area contributed by atoms with Gasteiger partial charge in [0.25, 0.3) is 0 Å². The Labute approximate surface area is 382 Å². The number of aromatic nitrogens is 2. The van der Waals surface area contributed by atoms with Gasteiger partial charge in [-0.1, -0.05) is 212 Å². The Balaban J connectivity index is 1.11. The molecule has 0 amide bonds. The largest absolute Gasteiger partial charge is 0.309 e. The van der Waals surface area contributed by atoms with E-state index < -0.39 is 20.2 Å². The summed E-state index contributed by atoms with van der Waals surface area (Å²) in [7, 11) is -3.31. The smallest absolute Gasteiger partial charge is 0.179 e. The first-order chi connectivity index (χ1) is 35.4. The van der Waals surface area contributed by atoms with Gasteiger partial charge in [-0.2, -0.15) is 0 Å². The maximum atomic E-state index is 8.96. The zero-order valence-corrected chi connectivity index (χ0v) is 34.9. The predicted octanol–water partition coefficient (Wildman–Crippen LogP) is 12.6. The highest BCUT2D eigenvalue weighted by atomic mass is 28.3. The first-order valence-corrected chi connectivity index (χ1v) is 22.9. The molecule has 0 spiro atoms. The van der Waals surface area contributed by atoms with Crippen molar-refractivity contribution < 1.29 is 13.7 Å². The third-order valence-electron chi connectivity index (χ3n) is 12.4. The molecule has 0 radical (unpaired) electrons. The minimum Gasteiger partial charge on any atom is -0.309 e. The van der Waals surface area contributed by atoms with E-state index in [1.54, 1.807) is 0 Å². The Bertz CT molecular complexity index is 4130. The number of fused-ring (bicyclic) bond motifs is 6. The molecule has 2 heterocycles. The van der Waals surface area contributed by atoms with Gasteiger partial charge in [0.15, 0.2) is 8.07 Å². The molecule has 3 heteroatoms. The number of hydrogen-bond acceptors (Lipinski definition) is 0. The topological polar surface area (TPSA) is 9.86 Å². The van der Waals surface area contributed by atoms with Crippen LogP contribution in [0.1, 0.15) is 13.7 Å². The van der Waals surface area contributed by atoms with E-state index >= 15 is 0 Å². The van der Waals surface area contributed by atoms with Crippen LogP contribution in [0.15, 0.2) is 255 Å². The zero-order valence-electron chi connectivity index (χ0n) is 43.9. The second-order valence-electron chi connectivity index (χ2n) is 15.7. The van der Waals surface area contributed by atoms with Gasteiger partial charge in [0.2, 0.25) is 0 Å². The third kappa shape index (κ3) is 5.93. The molecule has 12 rings (SSSR count). The van der Waals surface area contributed by atoms with Crippen LogP contribution in [0.2, 0.25) is 0 Å². The molecule has 0 aliphatic heterocycles. The molecule has 0 aliphatic rings. The minimum atomic E-state index is -3.31. The molecule has 2 nitrogen and oxygen atoms in total. The number of nitrogens with zero attached hydrogens (tertiary/aromatic N) is 2. The van der Waals surface area contributed by atoms with E-state index in [-0.39, 0.29) is 59.5 Å². The van der Waals surface area contributed by atoms with Crippen LogP contribution in [0.4, 0.5) is 0 Å². The lowest BCUT2D eigenvalue weighted by Gasteiger charge is -2.35. The molecule has 12 aromatic rings. The summed E-state index contributed by atoms with van der Waals surface area (Å²) in [4.78, 5) is 0. The van der Waals surface area contributed by atoms with Crippen LogP contribution in [0, 0.1) is 0 Å². The Morgan fingerprint density at radius 2 is 0.825 bits per heavy atom. The maximum absolute atomic E-state index is 8.96. The molecular weight excluding hydrogens is 777 g/mol. The van der Waals surface area contributed by atoms with Gasteiger partial charge in [-0.25, -0.2) is 0 Å². The summed E-state index contributed by atoms with van der Waals surface area (Å²) in [5.74, 6) is 0. The van der Waals surface area contributed by atoms with Crippen molar-refractivity contribution in [3.05, 3.63) is 255 Å². The Kier molecular flexibility index (Phi) is 6.69. The molecular formula is C60H42N2Si. The number of benzene rings is 10. The summed E-state index contributed by atoms with van der Waals surface area (Å²) in [6, 6.07) is 62.7. The van der Waals surface area contributed by atoms with Gasteiger partial charge in [0.1, 0.15) is 0 Å². The zero-order chi connectivity index (χ0) is 50.4. The lowest BCUT2D eigenvalue weighted by Crippen LogP contribution is -2.74. The van der Waals surface area contributed by atoms with Crippen LogP contribution in [0.25, 0.3) is 77.2 Å². The van der Waals surface area contributed by atoms with Crippen LogP contribution in [-0.2, 0) is 0 Å². The van der Waals surface area contributed by atoms with Crippen molar-refractivity contribution in [2.45, 2.75) is 0 Å². The molecule has 63 heavy (non-hydrogen) atoms. The van der Waals surface area contributed by atoms with Gasteiger partial charge in [0, 0.05) is 32.9 Å². The number of hydrogen-bond donors (Lipinski definition) is 0. The van der Waals surface area contributed by atoms with Crippen molar-refractivity contribution in [1.29, 1.82) is 0 Å². The van der Waals surface area contributed by atoms with Crippen LogP contribution < -0.4 is 20.7 Å². The van der Waals surface area contributed by atoms with Crippen molar-refractivity contribution in [3.8, 4) is 33.6 Å². The van der Waals surface area contributed by atoms with E-state index in [2.05, 4.69) is 130 Å². The quantitative estimate of drug-likeness (QED) is 0.107. The van der Waals surface area contributed by atoms with E-state index in [9.17, 15) is 0 Å². The maximum Gasteiger partial charge on any atom is 0.179 e. The predicted molar refractivity (Wildman–Crippen MR) is 270 cm³/mol. The van der Waals surface area contributed by atoms with Crippen LogP contribution >= 0.6 is 0 Å². The van der Waals surface area contributed by atoms with Crippen molar-refractivity contribution in [3.63, 3.8) is 0 Å². The lowest BCUT2D eigenvalue weighted by atomic mass is 9.99. The molecule has 0 saturated carbocycles. The lowest BCUT2D eigenvalue weighted by molar-refractivity contribution is 1.16. The molecule has 0 N–H and O–H groups in total. The first-order valence-electron chi connectivity index (χ1n) is 25.9. The fourth-order valence-electron chi connectivity index (χ4n) is 9.82. The molecule has 296 valence electrons. The highest BCUT2D eigenvalue weighted by molar-refractivity contribution is 7.20.